The van der Waals surface area contributed by atoms with E-state index in [4.69, 9.17) is 4.74 Å². The summed E-state index contributed by atoms with van der Waals surface area (Å²) in [5.41, 5.74) is 1.07. The van der Waals surface area contributed by atoms with Gasteiger partial charge in [-0.1, -0.05) is 13.3 Å². The molecule has 0 aliphatic rings. The van der Waals surface area contributed by atoms with Gasteiger partial charge in [-0.15, -0.1) is 0 Å². The lowest BCUT2D eigenvalue weighted by Gasteiger charge is -2.05. The van der Waals surface area contributed by atoms with Crippen molar-refractivity contribution in [3.05, 3.63) is 17.9 Å². The molecule has 1 aromatic carbocycles. The first-order valence-corrected chi connectivity index (χ1v) is 6.19. The molecular formula is C13H16FN3O2. The zero-order valence-corrected chi connectivity index (χ0v) is 10.9. The van der Waals surface area contributed by atoms with Gasteiger partial charge in [0.05, 0.1) is 17.6 Å². The van der Waals surface area contributed by atoms with Crippen molar-refractivity contribution >= 4 is 22.9 Å². The van der Waals surface area contributed by atoms with E-state index in [-0.39, 0.29) is 11.7 Å². The number of ether oxygens (including phenoxy) is 1. The second kappa shape index (κ2) is 5.69. The Balaban J connectivity index is 2.25. The van der Waals surface area contributed by atoms with E-state index in [1.54, 1.807) is 0 Å². The standard InChI is InChI=1S/C13H16FN3O2/c1-3-4-5-19-12-7-11-10(6-9(12)14)16-13(17-11)15-8(2)18/h6-7H,3-5H2,1-2H3,(H2,15,16,17,18). The van der Waals surface area contributed by atoms with Crippen LogP contribution in [0.5, 0.6) is 5.75 Å². The molecular weight excluding hydrogens is 249 g/mol. The third kappa shape index (κ3) is 3.21. The van der Waals surface area contributed by atoms with Crippen LogP contribution in [0.1, 0.15) is 26.7 Å². The van der Waals surface area contributed by atoms with Crippen molar-refractivity contribution in [2.75, 3.05) is 11.9 Å². The van der Waals surface area contributed by atoms with E-state index in [0.29, 0.717) is 23.6 Å². The highest BCUT2D eigenvalue weighted by Gasteiger charge is 2.10. The fourth-order valence-electron chi connectivity index (χ4n) is 1.67. The molecule has 102 valence electrons. The van der Waals surface area contributed by atoms with E-state index in [1.165, 1.54) is 19.1 Å². The van der Waals surface area contributed by atoms with Crippen LogP contribution in [-0.4, -0.2) is 22.5 Å². The van der Waals surface area contributed by atoms with Crippen LogP contribution in [0.4, 0.5) is 10.3 Å². The lowest BCUT2D eigenvalue weighted by atomic mass is 10.3. The average molecular weight is 265 g/mol. The lowest BCUT2D eigenvalue weighted by molar-refractivity contribution is -0.114. The molecule has 0 spiro atoms. The Bertz CT molecular complexity index is 595. The lowest BCUT2D eigenvalue weighted by Crippen LogP contribution is -2.06. The highest BCUT2D eigenvalue weighted by Crippen LogP contribution is 2.24. The van der Waals surface area contributed by atoms with Crippen LogP contribution in [0.3, 0.4) is 0 Å². The van der Waals surface area contributed by atoms with Gasteiger partial charge in [0.25, 0.3) is 0 Å². The van der Waals surface area contributed by atoms with Crippen molar-refractivity contribution in [1.82, 2.24) is 9.97 Å². The van der Waals surface area contributed by atoms with Crippen LogP contribution in [-0.2, 0) is 4.79 Å². The normalized spacial score (nSPS) is 10.7. The fourth-order valence-corrected chi connectivity index (χ4v) is 1.67. The van der Waals surface area contributed by atoms with E-state index < -0.39 is 5.82 Å². The fraction of sp³-hybridized carbons (Fsp3) is 0.385. The minimum Gasteiger partial charge on any atom is -0.490 e. The van der Waals surface area contributed by atoms with Crippen LogP contribution in [0.25, 0.3) is 11.0 Å². The minimum atomic E-state index is -0.443. The van der Waals surface area contributed by atoms with Crippen molar-refractivity contribution in [3.8, 4) is 5.75 Å². The number of hydrogen-bond acceptors (Lipinski definition) is 3. The number of nitrogens with one attached hydrogen (secondary N) is 2. The number of unbranched alkanes of at least 4 members (excludes halogenated alkanes) is 1. The maximum Gasteiger partial charge on any atom is 0.223 e. The summed E-state index contributed by atoms with van der Waals surface area (Å²) in [6.07, 6.45) is 1.86. The molecule has 0 aliphatic heterocycles. The van der Waals surface area contributed by atoms with Gasteiger partial charge in [0, 0.05) is 19.1 Å². The summed E-state index contributed by atoms with van der Waals surface area (Å²) in [4.78, 5) is 17.9. The van der Waals surface area contributed by atoms with E-state index in [9.17, 15) is 9.18 Å². The van der Waals surface area contributed by atoms with Gasteiger partial charge in [-0.2, -0.15) is 0 Å². The number of nitrogens with zero attached hydrogens (tertiary/aromatic N) is 1. The van der Waals surface area contributed by atoms with E-state index in [0.717, 1.165) is 12.8 Å². The van der Waals surface area contributed by atoms with Crippen molar-refractivity contribution in [3.63, 3.8) is 0 Å². The Kier molecular flexibility index (Phi) is 3.99. The Morgan fingerprint density at radius 2 is 2.32 bits per heavy atom. The molecule has 0 bridgehead atoms. The third-order valence-electron chi connectivity index (χ3n) is 2.59. The molecule has 2 N–H and O–H groups in total. The van der Waals surface area contributed by atoms with Crippen LogP contribution in [0.2, 0.25) is 0 Å². The molecule has 6 heteroatoms. The Labute approximate surface area is 110 Å². The van der Waals surface area contributed by atoms with Crippen molar-refractivity contribution in [1.29, 1.82) is 0 Å². The summed E-state index contributed by atoms with van der Waals surface area (Å²) < 4.78 is 19.1. The number of amides is 1. The molecule has 5 nitrogen and oxygen atoms in total. The van der Waals surface area contributed by atoms with Crippen LogP contribution in [0, 0.1) is 5.82 Å². The summed E-state index contributed by atoms with van der Waals surface area (Å²) in [6, 6.07) is 2.84. The largest absolute Gasteiger partial charge is 0.490 e. The summed E-state index contributed by atoms with van der Waals surface area (Å²) >= 11 is 0. The number of anilines is 1. The summed E-state index contributed by atoms with van der Waals surface area (Å²) in [6.45, 7) is 3.89. The number of fused-ring (bicyclic) bond motifs is 1. The number of benzene rings is 1. The number of rotatable bonds is 5. The number of carbonyl (C=O) groups excluding carboxylic acids is 1. The molecule has 0 fully saturated rings. The predicted octanol–water partition coefficient (Wildman–Crippen LogP) is 2.84. The molecule has 2 rings (SSSR count). The smallest absolute Gasteiger partial charge is 0.223 e. The van der Waals surface area contributed by atoms with Gasteiger partial charge in [0.1, 0.15) is 0 Å². The van der Waals surface area contributed by atoms with Crippen LogP contribution < -0.4 is 10.1 Å². The number of H-pyrrole nitrogens is 1. The van der Waals surface area contributed by atoms with Gasteiger partial charge < -0.3 is 9.72 Å². The van der Waals surface area contributed by atoms with Crippen molar-refractivity contribution in [2.24, 2.45) is 0 Å². The molecule has 0 atom stereocenters. The molecule has 0 radical (unpaired) electrons. The van der Waals surface area contributed by atoms with E-state index in [2.05, 4.69) is 15.3 Å². The molecule has 1 heterocycles. The Morgan fingerprint density at radius 1 is 1.53 bits per heavy atom. The molecule has 0 saturated heterocycles. The monoisotopic (exact) mass is 265 g/mol. The summed E-state index contributed by atoms with van der Waals surface area (Å²) in [5.74, 6) is -0.199. The maximum absolute atomic E-state index is 13.8. The zero-order valence-electron chi connectivity index (χ0n) is 10.9. The van der Waals surface area contributed by atoms with Crippen LogP contribution in [0.15, 0.2) is 12.1 Å². The van der Waals surface area contributed by atoms with Crippen LogP contribution >= 0.6 is 0 Å². The highest BCUT2D eigenvalue weighted by molar-refractivity contribution is 5.89. The minimum absolute atomic E-state index is 0.182. The number of carbonyl (C=O) groups is 1. The van der Waals surface area contributed by atoms with Crippen molar-refractivity contribution < 1.29 is 13.9 Å². The highest BCUT2D eigenvalue weighted by atomic mass is 19.1. The van der Waals surface area contributed by atoms with E-state index in [1.807, 2.05) is 6.92 Å². The maximum atomic E-state index is 13.8. The summed E-state index contributed by atoms with van der Waals surface area (Å²) in [7, 11) is 0. The second-order valence-electron chi connectivity index (χ2n) is 4.27. The van der Waals surface area contributed by atoms with Gasteiger partial charge in [-0.3, -0.25) is 10.1 Å². The molecule has 2 aromatic rings. The number of aromatic nitrogens is 2. The molecule has 1 amide bonds. The number of aromatic amines is 1. The Hall–Kier alpha value is -2.11. The SMILES string of the molecule is CCCCOc1cc2nc(NC(C)=O)[nH]c2cc1F. The van der Waals surface area contributed by atoms with Gasteiger partial charge in [-0.05, 0) is 6.42 Å². The van der Waals surface area contributed by atoms with Gasteiger partial charge in [0.15, 0.2) is 11.6 Å². The molecule has 0 saturated carbocycles. The first-order chi connectivity index (χ1) is 9.10. The molecule has 0 unspecified atom stereocenters. The van der Waals surface area contributed by atoms with Gasteiger partial charge >= 0.3 is 0 Å². The first kappa shape index (κ1) is 13.3. The molecule has 1 aromatic heterocycles. The van der Waals surface area contributed by atoms with Gasteiger partial charge in [0.2, 0.25) is 11.9 Å². The number of imidazole rings is 1. The van der Waals surface area contributed by atoms with Gasteiger partial charge in [-0.25, -0.2) is 9.37 Å². The molecule has 0 aliphatic carbocycles. The number of hydrogen-bond donors (Lipinski definition) is 2. The molecule has 19 heavy (non-hydrogen) atoms. The first-order valence-electron chi connectivity index (χ1n) is 6.19. The second-order valence-corrected chi connectivity index (χ2v) is 4.27. The number of halogens is 1. The average Bonchev–Trinajstić information content (AvgIpc) is 2.69. The zero-order chi connectivity index (χ0) is 13.8. The quantitative estimate of drug-likeness (QED) is 0.817. The topological polar surface area (TPSA) is 67.0 Å². The van der Waals surface area contributed by atoms with Crippen molar-refractivity contribution in [2.45, 2.75) is 26.7 Å². The predicted molar refractivity (Wildman–Crippen MR) is 70.8 cm³/mol. The van der Waals surface area contributed by atoms with E-state index >= 15 is 0 Å². The third-order valence-corrected chi connectivity index (χ3v) is 2.59. The Morgan fingerprint density at radius 3 is 3.00 bits per heavy atom. The summed E-state index contributed by atoms with van der Waals surface area (Å²) in [5, 5.41) is 2.52.